The van der Waals surface area contributed by atoms with Crippen LogP contribution in [0.4, 0.5) is 0 Å². The van der Waals surface area contributed by atoms with Crippen LogP contribution in [-0.2, 0) is 14.0 Å². The Morgan fingerprint density at radius 3 is 2.17 bits per heavy atom. The van der Waals surface area contributed by atoms with Gasteiger partial charge in [0.1, 0.15) is 0 Å². The Bertz CT molecular complexity index is 365. The lowest BCUT2D eigenvalue weighted by Crippen LogP contribution is -2.45. The summed E-state index contributed by atoms with van der Waals surface area (Å²) in [6, 6.07) is 0. The monoisotopic (exact) mass is 250 g/mol. The number of hydrogen-bond acceptors (Lipinski definition) is 3. The van der Waals surface area contributed by atoms with Crippen LogP contribution in [0, 0.1) is 0 Å². The molecule has 4 heteroatoms. The van der Waals surface area contributed by atoms with E-state index in [1.165, 1.54) is 18.3 Å². The fourth-order valence-corrected chi connectivity index (χ4v) is 2.93. The molecule has 1 spiro atoms. The molecule has 0 aromatic carbocycles. The highest BCUT2D eigenvalue weighted by molar-refractivity contribution is 6.55. The second kappa shape index (κ2) is 3.84. The van der Waals surface area contributed by atoms with Crippen molar-refractivity contribution < 1.29 is 14.0 Å². The van der Waals surface area contributed by atoms with E-state index >= 15 is 0 Å². The summed E-state index contributed by atoms with van der Waals surface area (Å²) in [4.78, 5) is 0. The zero-order chi connectivity index (χ0) is 13.0. The van der Waals surface area contributed by atoms with Gasteiger partial charge in [0.25, 0.3) is 0 Å². The fourth-order valence-electron chi connectivity index (χ4n) is 2.93. The summed E-state index contributed by atoms with van der Waals surface area (Å²) in [5.74, 6) is 0. The maximum absolute atomic E-state index is 6.06. The van der Waals surface area contributed by atoms with Crippen molar-refractivity contribution in [3.05, 3.63) is 11.5 Å². The van der Waals surface area contributed by atoms with E-state index < -0.39 is 0 Å². The molecule has 100 valence electrons. The molecule has 0 N–H and O–H groups in total. The Balaban J connectivity index is 1.71. The number of ether oxygens (including phenoxy) is 1. The Labute approximate surface area is 110 Å². The number of hydrogen-bond donors (Lipinski definition) is 0. The van der Waals surface area contributed by atoms with Crippen molar-refractivity contribution in [1.29, 1.82) is 0 Å². The molecule has 1 aliphatic carbocycles. The van der Waals surface area contributed by atoms with Crippen molar-refractivity contribution in [3.8, 4) is 0 Å². The Morgan fingerprint density at radius 1 is 1.06 bits per heavy atom. The van der Waals surface area contributed by atoms with Crippen LogP contribution in [0.5, 0.6) is 0 Å². The van der Waals surface area contributed by atoms with Crippen LogP contribution in [0.3, 0.4) is 0 Å². The van der Waals surface area contributed by atoms with Gasteiger partial charge in [-0.15, -0.1) is 0 Å². The highest BCUT2D eigenvalue weighted by atomic mass is 16.7. The van der Waals surface area contributed by atoms with E-state index in [1.54, 1.807) is 0 Å². The maximum Gasteiger partial charge on any atom is 0.490 e. The third-order valence-corrected chi connectivity index (χ3v) is 4.89. The average Bonchev–Trinajstić information content (AvgIpc) is 2.45. The molecule has 1 atom stereocenters. The van der Waals surface area contributed by atoms with E-state index in [2.05, 4.69) is 33.8 Å². The molecule has 2 fully saturated rings. The molecule has 2 heterocycles. The summed E-state index contributed by atoms with van der Waals surface area (Å²) >= 11 is 0. The predicted octanol–water partition coefficient (Wildman–Crippen LogP) is 2.89. The molecular weight excluding hydrogens is 227 g/mol. The summed E-state index contributed by atoms with van der Waals surface area (Å²) in [7, 11) is -0.175. The highest BCUT2D eigenvalue weighted by Gasteiger charge is 2.55. The van der Waals surface area contributed by atoms with Crippen LogP contribution < -0.4 is 0 Å². The van der Waals surface area contributed by atoms with Gasteiger partial charge in [0.05, 0.1) is 16.8 Å². The Morgan fingerprint density at radius 2 is 1.67 bits per heavy atom. The molecule has 3 aliphatic rings. The first-order valence-corrected chi connectivity index (χ1v) is 7.05. The molecule has 0 radical (unpaired) electrons. The van der Waals surface area contributed by atoms with Crippen molar-refractivity contribution in [3.63, 3.8) is 0 Å². The number of rotatable bonds is 1. The smallest absolute Gasteiger partial charge is 0.400 e. The molecule has 0 aromatic heterocycles. The van der Waals surface area contributed by atoms with Gasteiger partial charge in [0.2, 0.25) is 0 Å². The highest BCUT2D eigenvalue weighted by Crippen LogP contribution is 2.46. The summed E-state index contributed by atoms with van der Waals surface area (Å²) in [5.41, 5.74) is 0.788. The SMILES string of the molecule is CC1(C)OB(C2=CC3(CCCCO3)C2)OC1(C)C. The third kappa shape index (κ3) is 1.86. The van der Waals surface area contributed by atoms with Gasteiger partial charge in [0.15, 0.2) is 0 Å². The second-order valence-electron chi connectivity index (χ2n) is 6.85. The summed E-state index contributed by atoms with van der Waals surface area (Å²) in [5, 5.41) is 0. The van der Waals surface area contributed by atoms with Gasteiger partial charge >= 0.3 is 7.12 Å². The average molecular weight is 250 g/mol. The maximum atomic E-state index is 6.06. The van der Waals surface area contributed by atoms with Gasteiger partial charge in [-0.1, -0.05) is 6.08 Å². The first kappa shape index (κ1) is 12.7. The first-order valence-electron chi connectivity index (χ1n) is 7.05. The molecule has 3 rings (SSSR count). The molecule has 2 aliphatic heterocycles. The largest absolute Gasteiger partial charge is 0.490 e. The van der Waals surface area contributed by atoms with Crippen molar-refractivity contribution in [2.75, 3.05) is 6.61 Å². The molecule has 18 heavy (non-hydrogen) atoms. The molecule has 0 amide bonds. The lowest BCUT2D eigenvalue weighted by atomic mass is 9.62. The summed E-state index contributed by atoms with van der Waals surface area (Å²) in [6.07, 6.45) is 6.84. The molecule has 3 nitrogen and oxygen atoms in total. The minimum atomic E-state index is -0.241. The zero-order valence-electron chi connectivity index (χ0n) is 11.9. The van der Waals surface area contributed by atoms with Crippen LogP contribution in [0.25, 0.3) is 0 Å². The Kier molecular flexibility index (Phi) is 2.71. The van der Waals surface area contributed by atoms with Gasteiger partial charge in [0, 0.05) is 6.61 Å². The molecular formula is C14H23BO3. The summed E-state index contributed by atoms with van der Waals surface area (Å²) < 4.78 is 18.0. The van der Waals surface area contributed by atoms with E-state index in [9.17, 15) is 0 Å². The van der Waals surface area contributed by atoms with E-state index in [4.69, 9.17) is 14.0 Å². The normalized spacial score (nSPS) is 37.6. The van der Waals surface area contributed by atoms with Gasteiger partial charge in [-0.05, 0) is 58.9 Å². The Hall–Kier alpha value is -0.315. The minimum Gasteiger partial charge on any atom is -0.400 e. The fraction of sp³-hybridized carbons (Fsp3) is 0.857. The van der Waals surface area contributed by atoms with Gasteiger partial charge in [-0.3, -0.25) is 0 Å². The van der Waals surface area contributed by atoms with Crippen LogP contribution in [0.2, 0.25) is 0 Å². The van der Waals surface area contributed by atoms with Gasteiger partial charge in [-0.2, -0.15) is 0 Å². The molecule has 0 saturated carbocycles. The third-order valence-electron chi connectivity index (χ3n) is 4.89. The van der Waals surface area contributed by atoms with Crippen LogP contribution >= 0.6 is 0 Å². The lowest BCUT2D eigenvalue weighted by molar-refractivity contribution is -0.0548. The standard InChI is InChI=1S/C14H23BO3/c1-12(2)13(3,4)18-15(17-12)11-9-14(10-11)7-5-6-8-16-14/h9H,5-8,10H2,1-4H3. The quantitative estimate of drug-likeness (QED) is 0.670. The molecule has 0 bridgehead atoms. The lowest BCUT2D eigenvalue weighted by Gasteiger charge is -2.43. The summed E-state index contributed by atoms with van der Waals surface area (Å²) in [6.45, 7) is 9.28. The first-order chi connectivity index (χ1) is 8.34. The van der Waals surface area contributed by atoms with E-state index in [0.717, 1.165) is 19.4 Å². The van der Waals surface area contributed by atoms with Crippen molar-refractivity contribution in [2.45, 2.75) is 70.2 Å². The van der Waals surface area contributed by atoms with E-state index in [0.29, 0.717) is 0 Å². The van der Waals surface area contributed by atoms with E-state index in [-0.39, 0.29) is 23.9 Å². The van der Waals surface area contributed by atoms with Gasteiger partial charge in [-0.25, -0.2) is 0 Å². The van der Waals surface area contributed by atoms with Crippen LogP contribution in [0.15, 0.2) is 11.5 Å². The van der Waals surface area contributed by atoms with Crippen molar-refractivity contribution >= 4 is 7.12 Å². The predicted molar refractivity (Wildman–Crippen MR) is 71.3 cm³/mol. The zero-order valence-corrected chi connectivity index (χ0v) is 11.9. The van der Waals surface area contributed by atoms with E-state index in [1.807, 2.05) is 0 Å². The van der Waals surface area contributed by atoms with Gasteiger partial charge < -0.3 is 14.0 Å². The topological polar surface area (TPSA) is 27.7 Å². The molecule has 0 aromatic rings. The molecule has 1 unspecified atom stereocenters. The van der Waals surface area contributed by atoms with Crippen LogP contribution in [-0.4, -0.2) is 30.5 Å². The molecule has 2 saturated heterocycles. The second-order valence-corrected chi connectivity index (χ2v) is 6.85. The van der Waals surface area contributed by atoms with Crippen LogP contribution in [0.1, 0.15) is 53.4 Å². The minimum absolute atomic E-state index is 0.0111. The van der Waals surface area contributed by atoms with Crippen molar-refractivity contribution in [1.82, 2.24) is 0 Å². The van der Waals surface area contributed by atoms with Crippen molar-refractivity contribution in [2.24, 2.45) is 0 Å².